The fourth-order valence-electron chi connectivity index (χ4n) is 6.78. The highest BCUT2D eigenvalue weighted by Gasteiger charge is 2.44. The Kier molecular flexibility index (Phi) is 7.57. The lowest BCUT2D eigenvalue weighted by Crippen LogP contribution is -2.38. The molecule has 2 N–H and O–H groups in total. The first-order valence-corrected chi connectivity index (χ1v) is 15.5. The zero-order chi connectivity index (χ0) is 31.4. The number of hydrogen-bond acceptors (Lipinski definition) is 6. The van der Waals surface area contributed by atoms with Gasteiger partial charge in [0.15, 0.2) is 11.9 Å². The minimum absolute atomic E-state index is 0.0134. The van der Waals surface area contributed by atoms with E-state index in [9.17, 15) is 15.0 Å². The quantitative estimate of drug-likeness (QED) is 0.240. The number of carboxylic acids is 1. The highest BCUT2D eigenvalue weighted by atomic mass is 19.1. The maximum atomic E-state index is 15.5. The van der Waals surface area contributed by atoms with Gasteiger partial charge < -0.3 is 10.2 Å². The van der Waals surface area contributed by atoms with Crippen molar-refractivity contribution in [3.63, 3.8) is 0 Å². The maximum absolute atomic E-state index is 15.5. The average Bonchev–Trinajstić information content (AvgIpc) is 3.72. The molecule has 10 heteroatoms. The van der Waals surface area contributed by atoms with Crippen LogP contribution in [0.1, 0.15) is 98.4 Å². The topological polar surface area (TPSA) is 103 Å². The highest BCUT2D eigenvalue weighted by molar-refractivity contribution is 5.84. The van der Waals surface area contributed by atoms with E-state index < -0.39 is 30.1 Å². The number of aliphatic carboxylic acids is 1. The number of nitrogens with zero attached hydrogens (tertiary/aromatic N) is 5. The van der Waals surface area contributed by atoms with Gasteiger partial charge in [0.2, 0.25) is 0 Å². The number of aromatic nitrogens is 3. The van der Waals surface area contributed by atoms with E-state index in [-0.39, 0.29) is 24.1 Å². The summed E-state index contributed by atoms with van der Waals surface area (Å²) in [6.45, 7) is 3.96. The third-order valence-electron chi connectivity index (χ3n) is 9.49. The molecule has 8 nitrogen and oxygen atoms in total. The van der Waals surface area contributed by atoms with Crippen LogP contribution in [-0.2, 0) is 4.79 Å². The van der Waals surface area contributed by atoms with Gasteiger partial charge in [-0.05, 0) is 92.3 Å². The zero-order valence-corrected chi connectivity index (χ0v) is 25.2. The number of carboxylic acid groups (broad SMARTS) is 1. The van der Waals surface area contributed by atoms with Crippen LogP contribution in [0.5, 0.6) is 0 Å². The van der Waals surface area contributed by atoms with E-state index in [2.05, 4.69) is 4.99 Å². The van der Waals surface area contributed by atoms with E-state index in [0.717, 1.165) is 42.5 Å². The molecule has 2 aromatic heterocycles. The number of aliphatic hydroxyl groups is 1. The first-order valence-electron chi connectivity index (χ1n) is 15.5. The summed E-state index contributed by atoms with van der Waals surface area (Å²) in [7, 11) is 0. The van der Waals surface area contributed by atoms with Crippen molar-refractivity contribution in [3.05, 3.63) is 94.7 Å². The van der Waals surface area contributed by atoms with Crippen LogP contribution in [-0.4, -0.2) is 47.9 Å². The van der Waals surface area contributed by atoms with Crippen molar-refractivity contribution in [2.75, 3.05) is 6.54 Å². The summed E-state index contributed by atoms with van der Waals surface area (Å²) in [5.41, 5.74) is 6.13. The minimum atomic E-state index is -1.25. The van der Waals surface area contributed by atoms with Crippen molar-refractivity contribution >= 4 is 22.9 Å². The molecule has 0 radical (unpaired) electrons. The molecule has 4 aromatic rings. The van der Waals surface area contributed by atoms with Gasteiger partial charge >= 0.3 is 5.97 Å². The predicted molar refractivity (Wildman–Crippen MR) is 167 cm³/mol. The Balaban J connectivity index is 1.31. The maximum Gasteiger partial charge on any atom is 0.307 e. The number of fused-ring (bicyclic) bond motifs is 2. The van der Waals surface area contributed by atoms with E-state index >= 15 is 8.78 Å². The van der Waals surface area contributed by atoms with E-state index in [1.54, 1.807) is 39.7 Å². The Labute approximate surface area is 259 Å². The molecule has 232 valence electrons. The average molecular weight is 612 g/mol. The molecule has 2 aliphatic heterocycles. The molecule has 5 atom stereocenters. The summed E-state index contributed by atoms with van der Waals surface area (Å²) in [4.78, 5) is 22.5. The number of hydrogen-bond donors (Lipinski definition) is 2. The van der Waals surface area contributed by atoms with Crippen molar-refractivity contribution in [1.82, 2.24) is 19.5 Å². The summed E-state index contributed by atoms with van der Waals surface area (Å²) in [5.74, 6) is -2.02. The second-order valence-electron chi connectivity index (χ2n) is 12.5. The fraction of sp³-hybridized carbons (Fsp3) is 0.371. The van der Waals surface area contributed by atoms with Crippen LogP contribution >= 0.6 is 0 Å². The van der Waals surface area contributed by atoms with Crippen LogP contribution in [0.15, 0.2) is 65.8 Å². The molecule has 3 aliphatic rings. The number of alkyl halides is 1. The van der Waals surface area contributed by atoms with Crippen molar-refractivity contribution < 1.29 is 23.8 Å². The van der Waals surface area contributed by atoms with Crippen molar-refractivity contribution in [1.29, 1.82) is 0 Å². The molecule has 45 heavy (non-hydrogen) atoms. The van der Waals surface area contributed by atoms with Gasteiger partial charge in [-0.25, -0.2) is 18.3 Å². The standard InChI is InChI=1S/C35H35F2N5O3/c1-19-7-3-4-8-22(17-38-19)32-15-31(34(43)41-18-29(37)24-10-6-5-9-23(24)20(41)2)39-33-16-30(40-42(32)33)25-12-11-21(13-28(25)36)26-14-27(26)35(44)45/h5-6,9-13,15-17,20,26-27,29,34,43H,3-4,7-8,14,18H2,1-2H3,(H,44,45)/b22-17+,38-19-/t20-,26-,27+,29?,34?/m1/s1. The molecular weight excluding hydrogens is 576 g/mol. The van der Waals surface area contributed by atoms with Crippen LogP contribution in [0.2, 0.25) is 0 Å². The Morgan fingerprint density at radius 3 is 2.60 bits per heavy atom. The van der Waals surface area contributed by atoms with Gasteiger partial charge in [-0.2, -0.15) is 5.10 Å². The molecule has 4 heterocycles. The summed E-state index contributed by atoms with van der Waals surface area (Å²) < 4.78 is 32.5. The Morgan fingerprint density at radius 2 is 1.84 bits per heavy atom. The molecule has 7 rings (SSSR count). The number of allylic oxidation sites excluding steroid dienone is 1. The monoisotopic (exact) mass is 611 g/mol. The zero-order valence-electron chi connectivity index (χ0n) is 25.2. The van der Waals surface area contributed by atoms with E-state index in [4.69, 9.17) is 10.1 Å². The van der Waals surface area contributed by atoms with Crippen LogP contribution < -0.4 is 0 Å². The van der Waals surface area contributed by atoms with Gasteiger partial charge in [0.25, 0.3) is 0 Å². The van der Waals surface area contributed by atoms with E-state index in [1.807, 2.05) is 38.2 Å². The number of aliphatic imine (C=N–C) groups is 1. The summed E-state index contributed by atoms with van der Waals surface area (Å²) >= 11 is 0. The number of halogens is 2. The SMILES string of the molecule is C/C1=N/C=C(/c2cc(C(O)N3CC(F)c4ccccc4[C@H]3C)nc3cc(-c4ccc([C@H]5C[C@@H]5C(=O)O)cc4F)nn23)CCCC1. The number of aliphatic hydroxyl groups excluding tert-OH is 1. The molecule has 2 unspecified atom stereocenters. The number of carbonyl (C=O) groups is 1. The number of benzene rings is 2. The lowest BCUT2D eigenvalue weighted by Gasteiger charge is -2.39. The molecule has 1 saturated carbocycles. The van der Waals surface area contributed by atoms with Crippen LogP contribution in [0.3, 0.4) is 0 Å². The normalized spacial score (nSPS) is 26.6. The first-order chi connectivity index (χ1) is 21.7. The van der Waals surface area contributed by atoms with Crippen molar-refractivity contribution in [3.8, 4) is 11.3 Å². The van der Waals surface area contributed by atoms with E-state index in [1.165, 1.54) is 6.07 Å². The van der Waals surface area contributed by atoms with Crippen LogP contribution in [0, 0.1) is 11.7 Å². The molecule has 0 spiro atoms. The van der Waals surface area contributed by atoms with Crippen molar-refractivity contribution in [2.45, 2.75) is 70.3 Å². The smallest absolute Gasteiger partial charge is 0.307 e. The Bertz CT molecular complexity index is 1870. The number of rotatable bonds is 6. The predicted octanol–water partition coefficient (Wildman–Crippen LogP) is 7.18. The second kappa shape index (κ2) is 11.6. The lowest BCUT2D eigenvalue weighted by atomic mass is 9.92. The molecule has 0 saturated heterocycles. The van der Waals surface area contributed by atoms with Gasteiger partial charge in [0.1, 0.15) is 12.0 Å². The fourth-order valence-corrected chi connectivity index (χ4v) is 6.78. The van der Waals surface area contributed by atoms with Gasteiger partial charge in [0.05, 0.1) is 23.0 Å². The third-order valence-corrected chi connectivity index (χ3v) is 9.49. The summed E-state index contributed by atoms with van der Waals surface area (Å²) in [5, 5.41) is 25.8. The Hall–Kier alpha value is -4.28. The molecule has 1 fully saturated rings. The lowest BCUT2D eigenvalue weighted by molar-refractivity contribution is -0.138. The summed E-state index contributed by atoms with van der Waals surface area (Å²) in [6, 6.07) is 15.4. The molecule has 0 amide bonds. The molecule has 0 bridgehead atoms. The molecule has 1 aliphatic carbocycles. The van der Waals surface area contributed by atoms with Crippen molar-refractivity contribution in [2.24, 2.45) is 10.9 Å². The van der Waals surface area contributed by atoms with Crippen LogP contribution in [0.25, 0.3) is 22.5 Å². The minimum Gasteiger partial charge on any atom is -0.481 e. The first kappa shape index (κ1) is 29.4. The van der Waals surface area contributed by atoms with Gasteiger partial charge in [-0.3, -0.25) is 14.7 Å². The molecular formula is C35H35F2N5O3. The van der Waals surface area contributed by atoms with Crippen LogP contribution in [0.4, 0.5) is 8.78 Å². The largest absolute Gasteiger partial charge is 0.481 e. The third kappa shape index (κ3) is 5.46. The van der Waals surface area contributed by atoms with Gasteiger partial charge in [-0.1, -0.05) is 30.3 Å². The second-order valence-corrected chi connectivity index (χ2v) is 12.5. The van der Waals surface area contributed by atoms with E-state index in [0.29, 0.717) is 40.3 Å². The van der Waals surface area contributed by atoms with Gasteiger partial charge in [0, 0.05) is 36.1 Å². The Morgan fingerprint density at radius 1 is 1.07 bits per heavy atom. The van der Waals surface area contributed by atoms with Gasteiger partial charge in [-0.15, -0.1) is 0 Å². The summed E-state index contributed by atoms with van der Waals surface area (Å²) in [6.07, 6.45) is 3.46. The molecule has 2 aromatic carbocycles. The highest BCUT2D eigenvalue weighted by Crippen LogP contribution is 2.48.